The maximum Gasteiger partial charge on any atom is 0.191 e. The van der Waals surface area contributed by atoms with Crippen molar-refractivity contribution >= 4 is 29.5 Å². The molecule has 1 aromatic heterocycles. The lowest BCUT2D eigenvalue weighted by atomic mass is 10.2. The fraction of sp³-hybridized carbons (Fsp3) is 0.571. The number of aromatic nitrogens is 1. The maximum atomic E-state index is 13.4. The summed E-state index contributed by atoms with van der Waals surface area (Å²) in [6.45, 7) is 11.5. The Morgan fingerprint density at radius 2 is 1.70 bits per heavy atom. The molecule has 1 heterocycles. The molecule has 4 nitrogen and oxygen atoms in total. The van der Waals surface area contributed by atoms with Gasteiger partial charge in [0.15, 0.2) is 18.2 Å². The summed E-state index contributed by atoms with van der Waals surface area (Å²) in [6, 6.07) is 3.24. The van der Waals surface area contributed by atoms with Crippen molar-refractivity contribution in [2.75, 3.05) is 18.1 Å². The van der Waals surface area contributed by atoms with Crippen LogP contribution in [0.5, 0.6) is 0 Å². The molecule has 0 unspecified atom stereocenters. The highest BCUT2D eigenvalue weighted by Gasteiger charge is 2.36. The molecule has 2 aromatic rings. The third-order valence-corrected chi connectivity index (χ3v) is 12.7. The zero-order valence-electron chi connectivity index (χ0n) is 18.3. The van der Waals surface area contributed by atoms with Crippen LogP contribution < -0.4 is 0 Å². The second kappa shape index (κ2) is 9.97. The van der Waals surface area contributed by atoms with E-state index in [2.05, 4.69) is 38.8 Å². The van der Waals surface area contributed by atoms with Gasteiger partial charge in [-0.05, 0) is 43.1 Å². The number of halogens is 2. The monoisotopic (exact) mass is 475 g/mol. The van der Waals surface area contributed by atoms with Crippen molar-refractivity contribution in [1.29, 1.82) is 0 Å². The third kappa shape index (κ3) is 7.51. The van der Waals surface area contributed by atoms with Crippen LogP contribution >= 0.6 is 11.3 Å². The van der Waals surface area contributed by atoms with Crippen LogP contribution in [0.15, 0.2) is 23.6 Å². The minimum atomic E-state index is -3.19. The number of aryl methyl sites for hydroxylation is 1. The maximum absolute atomic E-state index is 13.4. The van der Waals surface area contributed by atoms with E-state index in [0.717, 1.165) is 12.5 Å². The van der Waals surface area contributed by atoms with Crippen molar-refractivity contribution in [3.8, 4) is 10.6 Å². The van der Waals surface area contributed by atoms with Crippen LogP contribution in [0.3, 0.4) is 0 Å². The van der Waals surface area contributed by atoms with Crippen LogP contribution in [0.25, 0.3) is 10.6 Å². The first kappa shape index (κ1) is 25.1. The minimum Gasteiger partial charge on any atom is -0.417 e. The molecule has 0 spiro atoms. The first-order chi connectivity index (χ1) is 13.8. The average Bonchev–Trinajstić information content (AvgIpc) is 3.07. The first-order valence-corrected chi connectivity index (χ1v) is 15.7. The Kier molecular flexibility index (Phi) is 8.34. The Balaban J connectivity index is 1.80. The highest BCUT2D eigenvalue weighted by atomic mass is 32.2. The van der Waals surface area contributed by atoms with E-state index >= 15 is 0 Å². The molecule has 0 saturated heterocycles. The number of hydrogen-bond acceptors (Lipinski definition) is 5. The molecule has 0 atom stereocenters. The largest absolute Gasteiger partial charge is 0.417 e. The molecule has 30 heavy (non-hydrogen) atoms. The Morgan fingerprint density at radius 3 is 2.30 bits per heavy atom. The van der Waals surface area contributed by atoms with Crippen molar-refractivity contribution in [2.45, 2.75) is 58.2 Å². The topological polar surface area (TPSA) is 56.3 Å². The molecule has 2 rings (SSSR count). The molecule has 168 valence electrons. The third-order valence-electron chi connectivity index (χ3n) is 5.45. The van der Waals surface area contributed by atoms with E-state index < -0.39 is 29.8 Å². The fourth-order valence-corrected chi connectivity index (χ4v) is 5.86. The smallest absolute Gasteiger partial charge is 0.191 e. The predicted octanol–water partition coefficient (Wildman–Crippen LogP) is 5.85. The van der Waals surface area contributed by atoms with Gasteiger partial charge in [-0.1, -0.05) is 20.8 Å². The molecule has 1 aromatic carbocycles. The van der Waals surface area contributed by atoms with Crippen LogP contribution in [0, 0.1) is 11.6 Å². The summed E-state index contributed by atoms with van der Waals surface area (Å²) in [5, 5.41) is 2.35. The van der Waals surface area contributed by atoms with Crippen molar-refractivity contribution in [2.24, 2.45) is 0 Å². The number of unbranched alkanes of at least 4 members (excludes halogenated alkanes) is 1. The number of thiazole rings is 1. The van der Waals surface area contributed by atoms with E-state index in [1.807, 2.05) is 0 Å². The van der Waals surface area contributed by atoms with Gasteiger partial charge in [0, 0.05) is 30.0 Å². The summed E-state index contributed by atoms with van der Waals surface area (Å²) >= 11 is 1.25. The van der Waals surface area contributed by atoms with Crippen molar-refractivity contribution in [3.05, 3.63) is 40.9 Å². The van der Waals surface area contributed by atoms with E-state index in [-0.39, 0.29) is 23.0 Å². The highest BCUT2D eigenvalue weighted by Crippen LogP contribution is 2.36. The summed E-state index contributed by atoms with van der Waals surface area (Å²) in [4.78, 5) is 4.33. The van der Waals surface area contributed by atoms with E-state index in [0.29, 0.717) is 29.3 Å². The molecule has 0 aliphatic heterocycles. The fourth-order valence-electron chi connectivity index (χ4n) is 2.56. The normalized spacial score (nSPS) is 13.0. The van der Waals surface area contributed by atoms with Gasteiger partial charge in [-0.3, -0.25) is 0 Å². The average molecular weight is 476 g/mol. The Morgan fingerprint density at radius 1 is 1.07 bits per heavy atom. The number of nitrogens with zero attached hydrogens (tertiary/aromatic N) is 1. The van der Waals surface area contributed by atoms with E-state index in [1.165, 1.54) is 23.5 Å². The van der Waals surface area contributed by atoms with Gasteiger partial charge in [0.1, 0.15) is 16.6 Å². The lowest BCUT2D eigenvalue weighted by Gasteiger charge is -2.36. The summed E-state index contributed by atoms with van der Waals surface area (Å²) in [5.41, 5.74) is 0.970. The van der Waals surface area contributed by atoms with Crippen molar-refractivity contribution in [1.82, 2.24) is 4.98 Å². The minimum absolute atomic E-state index is 0.0107. The Labute approximate surface area is 183 Å². The van der Waals surface area contributed by atoms with Gasteiger partial charge in [-0.2, -0.15) is 0 Å². The number of rotatable bonds is 10. The zero-order valence-corrected chi connectivity index (χ0v) is 20.9. The Hall–Kier alpha value is -1.16. The number of hydrogen-bond donors (Lipinski definition) is 0. The molecule has 0 aliphatic rings. The molecule has 0 N–H and O–H groups in total. The highest BCUT2D eigenvalue weighted by molar-refractivity contribution is 7.91. The molecular weight excluding hydrogens is 444 g/mol. The van der Waals surface area contributed by atoms with Gasteiger partial charge >= 0.3 is 0 Å². The van der Waals surface area contributed by atoms with E-state index in [4.69, 9.17) is 4.43 Å². The number of benzene rings is 1. The zero-order chi connectivity index (χ0) is 22.6. The van der Waals surface area contributed by atoms with E-state index in [1.54, 1.807) is 5.38 Å². The van der Waals surface area contributed by atoms with E-state index in [9.17, 15) is 17.2 Å². The number of sulfone groups is 1. The molecule has 0 aliphatic carbocycles. The summed E-state index contributed by atoms with van der Waals surface area (Å²) in [6.07, 6.45) is 1.58. The summed E-state index contributed by atoms with van der Waals surface area (Å²) in [5.74, 6) is -1.19. The lowest BCUT2D eigenvalue weighted by molar-refractivity contribution is 0.281. The molecular formula is C21H31F2NO3S2Si. The molecule has 0 amide bonds. The second-order valence-electron chi connectivity index (χ2n) is 9.02. The summed E-state index contributed by atoms with van der Waals surface area (Å²) in [7, 11) is -4.99. The molecule has 0 radical (unpaired) electrons. The quantitative estimate of drug-likeness (QED) is 0.320. The van der Waals surface area contributed by atoms with Crippen LogP contribution in [0.2, 0.25) is 18.1 Å². The van der Waals surface area contributed by atoms with Gasteiger partial charge in [-0.25, -0.2) is 22.2 Å². The van der Waals surface area contributed by atoms with Crippen LogP contribution in [-0.4, -0.2) is 39.8 Å². The lowest BCUT2D eigenvalue weighted by Crippen LogP contribution is -2.41. The van der Waals surface area contributed by atoms with Crippen LogP contribution in [-0.2, 0) is 20.7 Å². The second-order valence-corrected chi connectivity index (χ2v) is 17.0. The van der Waals surface area contributed by atoms with Crippen molar-refractivity contribution < 1.29 is 21.6 Å². The van der Waals surface area contributed by atoms with Crippen LogP contribution in [0.4, 0.5) is 8.78 Å². The first-order valence-electron chi connectivity index (χ1n) is 10.0. The molecule has 9 heteroatoms. The predicted molar refractivity (Wildman–Crippen MR) is 122 cm³/mol. The molecule has 0 bridgehead atoms. The van der Waals surface area contributed by atoms with Gasteiger partial charge < -0.3 is 4.43 Å². The summed E-state index contributed by atoms with van der Waals surface area (Å²) < 4.78 is 57.5. The van der Waals surface area contributed by atoms with Gasteiger partial charge in [0.25, 0.3) is 0 Å². The van der Waals surface area contributed by atoms with Crippen LogP contribution in [0.1, 0.15) is 39.3 Å². The van der Waals surface area contributed by atoms with Gasteiger partial charge in [-0.15, -0.1) is 11.3 Å². The van der Waals surface area contributed by atoms with Gasteiger partial charge in [0.2, 0.25) is 0 Å². The Bertz CT molecular complexity index is 933. The standard InChI is InChI=1S/C21H31F2NO3S2Si/c1-21(2,3)30(4,5)27-9-6-7-10-29(25,26)11-8-19-15-28-20(24-19)16-12-17(22)14-18(23)13-16/h12-15H,6-11H2,1-5H3. The molecule has 0 saturated carbocycles. The molecule has 0 fully saturated rings. The SMILES string of the molecule is CC(C)(C)[Si](C)(C)OCCCCS(=O)(=O)CCc1csc(-c2cc(F)cc(F)c2)n1. The van der Waals surface area contributed by atoms with Crippen molar-refractivity contribution in [3.63, 3.8) is 0 Å². The van der Waals surface area contributed by atoms with Gasteiger partial charge in [0.05, 0.1) is 17.2 Å².